The van der Waals surface area contributed by atoms with Gasteiger partial charge < -0.3 is 4.57 Å². The molecule has 0 saturated heterocycles. The summed E-state index contributed by atoms with van der Waals surface area (Å²) < 4.78 is 27.3. The van der Waals surface area contributed by atoms with Crippen LogP contribution in [0.4, 0.5) is 0 Å². The highest BCUT2D eigenvalue weighted by Crippen LogP contribution is 2.33. The normalized spacial score (nSPS) is 13.5. The van der Waals surface area contributed by atoms with Crippen molar-refractivity contribution in [1.29, 1.82) is 0 Å². The number of rotatable bonds is 4. The molecule has 3 rings (SSSR count). The lowest BCUT2D eigenvalue weighted by Crippen LogP contribution is -2.25. The van der Waals surface area contributed by atoms with Gasteiger partial charge in [0, 0.05) is 18.5 Å². The van der Waals surface area contributed by atoms with Crippen molar-refractivity contribution in [2.75, 3.05) is 19.6 Å². The van der Waals surface area contributed by atoms with Gasteiger partial charge in [-0.25, -0.2) is 24.3 Å². The predicted octanol–water partition coefficient (Wildman–Crippen LogP) is 1.54. The van der Waals surface area contributed by atoms with E-state index in [0.29, 0.717) is 22.3 Å². The maximum absolute atomic E-state index is 12.8. The Hall–Kier alpha value is -2.12. The molecule has 0 bridgehead atoms. The van der Waals surface area contributed by atoms with Gasteiger partial charge in [0.25, 0.3) is 5.56 Å². The number of aromatic nitrogens is 5. The van der Waals surface area contributed by atoms with Gasteiger partial charge in [0.15, 0.2) is 11.5 Å². The van der Waals surface area contributed by atoms with Gasteiger partial charge in [-0.3, -0.25) is 9.00 Å². The predicted molar refractivity (Wildman–Crippen MR) is 103 cm³/mol. The first-order chi connectivity index (χ1) is 12.1. The third-order valence-corrected chi connectivity index (χ3v) is 5.90. The van der Waals surface area contributed by atoms with Crippen molar-refractivity contribution in [3.05, 3.63) is 34.7 Å². The molecule has 0 aliphatic rings. The third kappa shape index (κ3) is 3.17. The smallest absolute Gasteiger partial charge is 0.278 e. The molecule has 3 aromatic rings. The van der Waals surface area contributed by atoms with Crippen LogP contribution in [0.5, 0.6) is 0 Å². The molecule has 0 amide bonds. The van der Waals surface area contributed by atoms with Crippen LogP contribution in [0.1, 0.15) is 19.9 Å². The fourth-order valence-electron chi connectivity index (χ4n) is 2.64. The largest absolute Gasteiger partial charge is 0.318 e. The Bertz CT molecular complexity index is 1130. The average Bonchev–Trinajstić information content (AvgIpc) is 2.86. The topological polar surface area (TPSA) is 99.7 Å². The second-order valence-electron chi connectivity index (χ2n) is 6.60. The first-order valence-electron chi connectivity index (χ1n) is 7.98. The van der Waals surface area contributed by atoms with Gasteiger partial charge in [0.05, 0.1) is 10.8 Å². The van der Waals surface area contributed by atoms with E-state index >= 15 is 0 Å². The molecule has 1 atom stereocenters. The molecule has 0 aliphatic heterocycles. The van der Waals surface area contributed by atoms with Gasteiger partial charge in [-0.05, 0) is 39.3 Å². The van der Waals surface area contributed by atoms with Crippen LogP contribution in [0.3, 0.4) is 0 Å². The summed E-state index contributed by atoms with van der Waals surface area (Å²) in [4.78, 5) is 25.7. The van der Waals surface area contributed by atoms with Crippen LogP contribution in [0, 0.1) is 0 Å². The highest BCUT2D eigenvalue weighted by molar-refractivity contribution is 7.84. The first-order valence-corrected chi connectivity index (χ1v) is 12.1. The molecule has 0 fully saturated rings. The van der Waals surface area contributed by atoms with Crippen molar-refractivity contribution in [2.45, 2.75) is 25.0 Å². The monoisotopic (exact) mass is 393 g/mol. The second kappa shape index (κ2) is 6.55. The minimum Gasteiger partial charge on any atom is -0.318 e. The van der Waals surface area contributed by atoms with Gasteiger partial charge in [0.1, 0.15) is 18.0 Å². The van der Waals surface area contributed by atoms with E-state index in [2.05, 4.69) is 15.0 Å². The maximum atomic E-state index is 12.8. The zero-order valence-electron chi connectivity index (χ0n) is 15.2. The van der Waals surface area contributed by atoms with Crippen LogP contribution in [0.15, 0.2) is 34.3 Å². The van der Waals surface area contributed by atoms with Gasteiger partial charge in [0.2, 0.25) is 5.16 Å². The SMILES string of the molecule is CC(C)n1c(=O)c2cnc(S(C)=O)nc2n1-c1cccc(P(C)(C)=O)n1. The number of hydrogen-bond donors (Lipinski definition) is 0. The fourth-order valence-corrected chi connectivity index (χ4v) is 3.84. The molecule has 0 aliphatic carbocycles. The van der Waals surface area contributed by atoms with Crippen molar-refractivity contribution in [3.8, 4) is 5.82 Å². The molecule has 26 heavy (non-hydrogen) atoms. The van der Waals surface area contributed by atoms with Crippen LogP contribution in [0.2, 0.25) is 0 Å². The molecule has 0 saturated carbocycles. The van der Waals surface area contributed by atoms with Gasteiger partial charge in [-0.1, -0.05) is 6.07 Å². The van der Waals surface area contributed by atoms with Gasteiger partial charge in [-0.2, -0.15) is 0 Å². The zero-order chi connectivity index (χ0) is 19.2. The Morgan fingerprint density at radius 1 is 1.19 bits per heavy atom. The van der Waals surface area contributed by atoms with Crippen LogP contribution in [0.25, 0.3) is 16.9 Å². The lowest BCUT2D eigenvalue weighted by molar-refractivity contribution is 0.471. The van der Waals surface area contributed by atoms with Crippen LogP contribution in [-0.2, 0) is 15.4 Å². The fraction of sp³-hybridized carbons (Fsp3) is 0.375. The minimum atomic E-state index is -2.58. The number of nitrogens with zero attached hydrogens (tertiary/aromatic N) is 5. The summed E-state index contributed by atoms with van der Waals surface area (Å²) >= 11 is 0. The molecule has 0 N–H and O–H groups in total. The standard InChI is InChI=1S/C16H20N5O3PS/c1-10(2)20-15(22)11-9-17-16(26(5)24)19-14(11)21(20)12-7-6-8-13(18-12)25(3,4)23/h6-10H,1-5H3. The Kier molecular flexibility index (Phi) is 4.71. The second-order valence-corrected chi connectivity index (χ2v) is 11.0. The maximum Gasteiger partial charge on any atom is 0.278 e. The molecule has 138 valence electrons. The Morgan fingerprint density at radius 3 is 2.46 bits per heavy atom. The van der Waals surface area contributed by atoms with E-state index in [9.17, 15) is 13.6 Å². The van der Waals surface area contributed by atoms with Crippen molar-refractivity contribution < 1.29 is 8.77 Å². The Labute approximate surface area is 153 Å². The zero-order valence-corrected chi connectivity index (χ0v) is 16.9. The summed E-state index contributed by atoms with van der Waals surface area (Å²) in [5.74, 6) is 0.429. The molecule has 3 heterocycles. The Balaban J connectivity index is 2.42. The van der Waals surface area contributed by atoms with E-state index in [4.69, 9.17) is 0 Å². The highest BCUT2D eigenvalue weighted by atomic mass is 32.2. The lowest BCUT2D eigenvalue weighted by atomic mass is 10.4. The molecule has 0 radical (unpaired) electrons. The highest BCUT2D eigenvalue weighted by Gasteiger charge is 2.22. The summed E-state index contributed by atoms with van der Waals surface area (Å²) in [5, 5.41) is 0.455. The van der Waals surface area contributed by atoms with Crippen molar-refractivity contribution >= 4 is 34.4 Å². The summed E-state index contributed by atoms with van der Waals surface area (Å²) in [7, 11) is -3.96. The molecule has 8 nitrogen and oxygen atoms in total. The van der Waals surface area contributed by atoms with Gasteiger partial charge in [-0.15, -0.1) is 0 Å². The number of hydrogen-bond acceptors (Lipinski definition) is 6. The van der Waals surface area contributed by atoms with E-state index in [1.807, 2.05) is 13.8 Å². The number of pyridine rings is 1. The van der Waals surface area contributed by atoms with Crippen molar-refractivity contribution in [1.82, 2.24) is 24.3 Å². The minimum absolute atomic E-state index is 0.139. The van der Waals surface area contributed by atoms with Crippen molar-refractivity contribution in [3.63, 3.8) is 0 Å². The van der Waals surface area contributed by atoms with Gasteiger partial charge >= 0.3 is 0 Å². The van der Waals surface area contributed by atoms with E-state index < -0.39 is 17.9 Å². The molecular weight excluding hydrogens is 373 g/mol. The molecule has 3 aromatic heterocycles. The summed E-state index contributed by atoms with van der Waals surface area (Å²) in [6.45, 7) is 7.03. The van der Waals surface area contributed by atoms with E-state index in [1.54, 1.807) is 36.2 Å². The third-order valence-electron chi connectivity index (χ3n) is 3.84. The molecule has 0 spiro atoms. The summed E-state index contributed by atoms with van der Waals surface area (Å²) in [5.41, 5.74) is 0.537. The lowest BCUT2D eigenvalue weighted by Gasteiger charge is -2.16. The molecule has 1 unspecified atom stereocenters. The van der Waals surface area contributed by atoms with E-state index in [1.165, 1.54) is 17.1 Å². The van der Waals surface area contributed by atoms with Crippen LogP contribution >= 0.6 is 7.14 Å². The first kappa shape index (κ1) is 18.7. The Morgan fingerprint density at radius 2 is 1.88 bits per heavy atom. The average molecular weight is 393 g/mol. The molecule has 0 aromatic carbocycles. The quantitative estimate of drug-likeness (QED) is 0.492. The van der Waals surface area contributed by atoms with E-state index in [-0.39, 0.29) is 16.8 Å². The van der Waals surface area contributed by atoms with Crippen LogP contribution in [-0.4, -0.2) is 48.1 Å². The summed E-state index contributed by atoms with van der Waals surface area (Å²) in [6, 6.07) is 5.00. The van der Waals surface area contributed by atoms with Crippen molar-refractivity contribution in [2.24, 2.45) is 0 Å². The number of fused-ring (bicyclic) bond motifs is 1. The summed E-state index contributed by atoms with van der Waals surface area (Å²) in [6.07, 6.45) is 2.87. The molecular formula is C16H20N5O3PS. The van der Waals surface area contributed by atoms with E-state index in [0.717, 1.165) is 0 Å². The van der Waals surface area contributed by atoms with Crippen LogP contribution < -0.4 is 11.0 Å². The molecule has 10 heteroatoms.